The predicted octanol–water partition coefficient (Wildman–Crippen LogP) is 1.12. The van der Waals surface area contributed by atoms with Gasteiger partial charge in [-0.15, -0.1) is 0 Å². The van der Waals surface area contributed by atoms with E-state index < -0.39 is 10.0 Å². The van der Waals surface area contributed by atoms with E-state index in [1.807, 2.05) is 13.0 Å². The molecule has 0 aromatic heterocycles. The van der Waals surface area contributed by atoms with Crippen molar-refractivity contribution in [3.8, 4) is 11.8 Å². The molecule has 0 aliphatic carbocycles. The molecule has 110 valence electrons. The lowest BCUT2D eigenvalue weighted by molar-refractivity contribution is 0.217. The van der Waals surface area contributed by atoms with E-state index in [9.17, 15) is 8.42 Å². The summed E-state index contributed by atoms with van der Waals surface area (Å²) in [6, 6.07) is 5.30. The van der Waals surface area contributed by atoms with E-state index in [4.69, 9.17) is 9.84 Å². The van der Waals surface area contributed by atoms with Crippen molar-refractivity contribution in [2.24, 2.45) is 0 Å². The van der Waals surface area contributed by atoms with Gasteiger partial charge in [-0.1, -0.05) is 17.9 Å². The average Bonchev–Trinajstić information content (AvgIpc) is 2.40. The van der Waals surface area contributed by atoms with Crippen LogP contribution in [0.25, 0.3) is 0 Å². The van der Waals surface area contributed by atoms with Crippen molar-refractivity contribution in [1.29, 1.82) is 0 Å². The third-order valence-electron chi connectivity index (χ3n) is 2.53. The predicted molar refractivity (Wildman–Crippen MR) is 79.0 cm³/mol. The fraction of sp³-hybridized carbons (Fsp3) is 0.429. The molecule has 1 aromatic rings. The van der Waals surface area contributed by atoms with Gasteiger partial charge in [0.15, 0.2) is 0 Å². The zero-order valence-electron chi connectivity index (χ0n) is 11.6. The second kappa shape index (κ2) is 7.90. The molecule has 0 heterocycles. The molecular formula is C14H19NO4S. The molecule has 2 N–H and O–H groups in total. The number of aliphatic hydroxyl groups excluding tert-OH is 1. The van der Waals surface area contributed by atoms with Crippen molar-refractivity contribution < 1.29 is 18.3 Å². The zero-order chi connectivity index (χ0) is 15.0. The molecule has 0 unspecified atom stereocenters. The van der Waals surface area contributed by atoms with E-state index in [2.05, 4.69) is 16.6 Å². The molecule has 0 saturated carbocycles. The number of aryl methyl sites for hydroxylation is 1. The first-order valence-electron chi connectivity index (χ1n) is 6.18. The molecule has 0 atom stereocenters. The maximum Gasteiger partial charge on any atom is 0.235 e. The van der Waals surface area contributed by atoms with E-state index in [1.165, 1.54) is 7.11 Å². The van der Waals surface area contributed by atoms with Crippen LogP contribution in [0.5, 0.6) is 0 Å². The Morgan fingerprint density at radius 3 is 2.80 bits per heavy atom. The van der Waals surface area contributed by atoms with Gasteiger partial charge in [0.2, 0.25) is 10.0 Å². The molecule has 0 fully saturated rings. The summed E-state index contributed by atoms with van der Waals surface area (Å²) in [5.74, 6) is 5.58. The monoisotopic (exact) mass is 297 g/mol. The summed E-state index contributed by atoms with van der Waals surface area (Å²) in [6.07, 6.45) is 0.392. The molecule has 6 heteroatoms. The van der Waals surface area contributed by atoms with E-state index >= 15 is 0 Å². The highest BCUT2D eigenvalue weighted by molar-refractivity contribution is 7.92. The molecule has 0 amide bonds. The van der Waals surface area contributed by atoms with Crippen molar-refractivity contribution in [2.75, 3.05) is 30.8 Å². The number of ether oxygens (including phenoxy) is 1. The van der Waals surface area contributed by atoms with Gasteiger partial charge < -0.3 is 9.84 Å². The number of hydrogen-bond acceptors (Lipinski definition) is 4. The minimum atomic E-state index is -3.42. The first-order chi connectivity index (χ1) is 9.48. The molecule has 0 radical (unpaired) electrons. The SMILES string of the molecule is COCCS(=O)(=O)Nc1cc(C#CCCO)ccc1C. The lowest BCUT2D eigenvalue weighted by Gasteiger charge is -2.10. The van der Waals surface area contributed by atoms with E-state index in [0.717, 1.165) is 5.56 Å². The molecule has 1 rings (SSSR count). The topological polar surface area (TPSA) is 75.6 Å². The first-order valence-corrected chi connectivity index (χ1v) is 7.83. The third kappa shape index (κ3) is 5.61. The molecule has 0 aliphatic rings. The van der Waals surface area contributed by atoms with Gasteiger partial charge in [0.05, 0.1) is 24.7 Å². The zero-order valence-corrected chi connectivity index (χ0v) is 12.5. The number of methoxy groups -OCH3 is 1. The normalized spacial score (nSPS) is 10.8. The highest BCUT2D eigenvalue weighted by atomic mass is 32.2. The Morgan fingerprint density at radius 1 is 1.40 bits per heavy atom. The lowest BCUT2D eigenvalue weighted by atomic mass is 10.1. The largest absolute Gasteiger partial charge is 0.395 e. The summed E-state index contributed by atoms with van der Waals surface area (Å²) in [7, 11) is -1.97. The van der Waals surface area contributed by atoms with Gasteiger partial charge in [-0.3, -0.25) is 4.72 Å². The average molecular weight is 297 g/mol. The number of sulfonamides is 1. The fourth-order valence-corrected chi connectivity index (χ4v) is 2.48. The van der Waals surface area contributed by atoms with Gasteiger partial charge in [-0.25, -0.2) is 8.42 Å². The van der Waals surface area contributed by atoms with Crippen molar-refractivity contribution in [2.45, 2.75) is 13.3 Å². The van der Waals surface area contributed by atoms with Gasteiger partial charge in [0.1, 0.15) is 0 Å². The summed E-state index contributed by atoms with van der Waals surface area (Å²) in [5.41, 5.74) is 2.03. The van der Waals surface area contributed by atoms with Crippen LogP contribution in [0.3, 0.4) is 0 Å². The lowest BCUT2D eigenvalue weighted by Crippen LogP contribution is -2.20. The first kappa shape index (κ1) is 16.5. The number of aliphatic hydroxyl groups is 1. The van der Waals surface area contributed by atoms with Crippen molar-refractivity contribution in [3.63, 3.8) is 0 Å². The Balaban J connectivity index is 2.90. The van der Waals surface area contributed by atoms with Crippen molar-refractivity contribution in [1.82, 2.24) is 0 Å². The maximum atomic E-state index is 11.8. The van der Waals surface area contributed by atoms with Crippen LogP contribution in [0, 0.1) is 18.8 Å². The molecule has 0 aliphatic heterocycles. The minimum absolute atomic E-state index is 0.00929. The summed E-state index contributed by atoms with van der Waals surface area (Å²) in [5, 5.41) is 8.67. The quantitative estimate of drug-likeness (QED) is 0.772. The van der Waals surface area contributed by atoms with E-state index in [-0.39, 0.29) is 19.0 Å². The summed E-state index contributed by atoms with van der Waals surface area (Å²) >= 11 is 0. The number of anilines is 1. The second-order valence-electron chi connectivity index (χ2n) is 4.22. The van der Waals surface area contributed by atoms with E-state index in [0.29, 0.717) is 17.7 Å². The number of hydrogen-bond donors (Lipinski definition) is 2. The molecule has 0 saturated heterocycles. The van der Waals surface area contributed by atoms with E-state index in [1.54, 1.807) is 12.1 Å². The van der Waals surface area contributed by atoms with Crippen LogP contribution in [-0.2, 0) is 14.8 Å². The third-order valence-corrected chi connectivity index (χ3v) is 3.76. The van der Waals surface area contributed by atoms with Crippen LogP contribution in [0.2, 0.25) is 0 Å². The highest BCUT2D eigenvalue weighted by Crippen LogP contribution is 2.18. The number of benzene rings is 1. The standard InChI is InChI=1S/C14H19NO4S/c1-12-6-7-13(5-3-4-8-16)11-14(12)15-20(17,18)10-9-19-2/h6-7,11,15-16H,4,8-10H2,1-2H3. The van der Waals surface area contributed by atoms with Crippen LogP contribution in [-0.4, -0.2) is 39.6 Å². The summed E-state index contributed by atoms with van der Waals surface area (Å²) in [4.78, 5) is 0. The minimum Gasteiger partial charge on any atom is -0.395 e. The van der Waals surface area contributed by atoms with Crippen LogP contribution in [0.4, 0.5) is 5.69 Å². The Bertz CT molecular complexity index is 599. The highest BCUT2D eigenvalue weighted by Gasteiger charge is 2.11. The van der Waals surface area contributed by atoms with Crippen LogP contribution in [0.15, 0.2) is 18.2 Å². The van der Waals surface area contributed by atoms with Crippen molar-refractivity contribution in [3.05, 3.63) is 29.3 Å². The molecule has 1 aromatic carbocycles. The Hall–Kier alpha value is -1.55. The Labute approximate surface area is 120 Å². The van der Waals surface area contributed by atoms with Gasteiger partial charge in [-0.2, -0.15) is 0 Å². The fourth-order valence-electron chi connectivity index (χ4n) is 1.44. The van der Waals surface area contributed by atoms with Crippen LogP contribution < -0.4 is 4.72 Å². The van der Waals surface area contributed by atoms with Crippen molar-refractivity contribution >= 4 is 15.7 Å². The summed E-state index contributed by atoms with van der Waals surface area (Å²) in [6.45, 7) is 1.97. The molecule has 0 bridgehead atoms. The smallest absolute Gasteiger partial charge is 0.235 e. The molecule has 5 nitrogen and oxygen atoms in total. The molecule has 20 heavy (non-hydrogen) atoms. The van der Waals surface area contributed by atoms with Gasteiger partial charge in [0.25, 0.3) is 0 Å². The Morgan fingerprint density at radius 2 is 2.15 bits per heavy atom. The summed E-state index contributed by atoms with van der Waals surface area (Å²) < 4.78 is 30.9. The number of nitrogens with one attached hydrogen (secondary N) is 1. The molecule has 0 spiro atoms. The maximum absolute atomic E-state index is 11.8. The Kier molecular flexibility index (Phi) is 6.52. The number of rotatable bonds is 6. The van der Waals surface area contributed by atoms with Gasteiger partial charge in [0, 0.05) is 19.1 Å². The van der Waals surface area contributed by atoms with Crippen LogP contribution in [0.1, 0.15) is 17.5 Å². The van der Waals surface area contributed by atoms with Crippen LogP contribution >= 0.6 is 0 Å². The molecular weight excluding hydrogens is 278 g/mol. The van der Waals surface area contributed by atoms with Gasteiger partial charge >= 0.3 is 0 Å². The second-order valence-corrected chi connectivity index (χ2v) is 6.06. The van der Waals surface area contributed by atoms with Gasteiger partial charge in [-0.05, 0) is 24.6 Å².